The maximum absolute atomic E-state index is 12.5. The fraction of sp³-hybridized carbons (Fsp3) is 0.375. The zero-order chi connectivity index (χ0) is 17.9. The number of anilines is 1. The van der Waals surface area contributed by atoms with Crippen molar-refractivity contribution in [2.45, 2.75) is 25.7 Å². The predicted octanol–water partition coefficient (Wildman–Crippen LogP) is 2.70. The molecule has 1 N–H and O–H groups in total. The van der Waals surface area contributed by atoms with Crippen LogP contribution in [0.4, 0.5) is 9.93 Å². The highest BCUT2D eigenvalue weighted by molar-refractivity contribution is 7.09. The molecule has 0 saturated carbocycles. The molecule has 2 amide bonds. The van der Waals surface area contributed by atoms with Gasteiger partial charge in [-0.15, -0.1) is 0 Å². The summed E-state index contributed by atoms with van der Waals surface area (Å²) >= 11 is 1.17. The summed E-state index contributed by atoms with van der Waals surface area (Å²) in [5.41, 5.74) is 0.805. The standard InChI is InChI=1S/C16H17N7O2S/c1-10-18-15(26-22-10)20-16(24)23-7-3-5-12(9-23)14-19-13(21-25-14)11-4-2-6-17-8-11/h2,4,6,8,12H,3,5,7,9H2,1H3,(H,18,20,22,24)/t12-/m1/s1. The fourth-order valence-corrected chi connectivity index (χ4v) is 3.46. The van der Waals surface area contributed by atoms with Crippen LogP contribution in [0.15, 0.2) is 29.0 Å². The number of piperidine rings is 1. The third kappa shape index (κ3) is 3.54. The smallest absolute Gasteiger partial charge is 0.323 e. The van der Waals surface area contributed by atoms with Gasteiger partial charge in [-0.2, -0.15) is 9.36 Å². The highest BCUT2D eigenvalue weighted by Gasteiger charge is 2.29. The van der Waals surface area contributed by atoms with E-state index in [0.29, 0.717) is 35.8 Å². The van der Waals surface area contributed by atoms with Gasteiger partial charge >= 0.3 is 6.03 Å². The largest absolute Gasteiger partial charge is 0.339 e. The molecule has 1 atom stereocenters. The Balaban J connectivity index is 1.43. The molecule has 0 spiro atoms. The molecule has 0 aromatic carbocycles. The van der Waals surface area contributed by atoms with Crippen LogP contribution in [0.2, 0.25) is 0 Å². The SMILES string of the molecule is Cc1nsc(NC(=O)N2CCC[C@@H](c3nc(-c4cccnc4)no3)C2)n1. The first kappa shape index (κ1) is 16.6. The zero-order valence-corrected chi connectivity index (χ0v) is 14.9. The summed E-state index contributed by atoms with van der Waals surface area (Å²) in [6, 6.07) is 3.53. The number of hydrogen-bond acceptors (Lipinski definition) is 8. The van der Waals surface area contributed by atoms with Crippen LogP contribution in [0.1, 0.15) is 30.5 Å². The van der Waals surface area contributed by atoms with Gasteiger partial charge in [-0.25, -0.2) is 9.78 Å². The molecule has 26 heavy (non-hydrogen) atoms. The number of carbonyl (C=O) groups is 1. The van der Waals surface area contributed by atoms with Crippen molar-refractivity contribution in [1.29, 1.82) is 0 Å². The van der Waals surface area contributed by atoms with Crippen LogP contribution in [0.3, 0.4) is 0 Å². The monoisotopic (exact) mass is 371 g/mol. The molecule has 134 valence electrons. The number of rotatable bonds is 3. The summed E-state index contributed by atoms with van der Waals surface area (Å²) in [6.07, 6.45) is 5.16. The average molecular weight is 371 g/mol. The van der Waals surface area contributed by atoms with E-state index in [-0.39, 0.29) is 11.9 Å². The molecule has 1 aliphatic rings. The number of pyridine rings is 1. The molecule has 1 fully saturated rings. The van der Waals surface area contributed by atoms with Gasteiger partial charge in [0.2, 0.25) is 16.8 Å². The van der Waals surface area contributed by atoms with Gasteiger partial charge in [0.05, 0.1) is 5.92 Å². The summed E-state index contributed by atoms with van der Waals surface area (Å²) in [5.74, 6) is 1.73. The Bertz CT molecular complexity index is 895. The quantitative estimate of drug-likeness (QED) is 0.753. The maximum atomic E-state index is 12.5. The number of carbonyl (C=O) groups excluding carboxylic acids is 1. The van der Waals surface area contributed by atoms with Gasteiger partial charge in [-0.05, 0) is 31.9 Å². The van der Waals surface area contributed by atoms with Crippen molar-refractivity contribution in [1.82, 2.24) is 29.4 Å². The lowest BCUT2D eigenvalue weighted by Gasteiger charge is -2.30. The molecule has 0 unspecified atom stereocenters. The van der Waals surface area contributed by atoms with E-state index in [0.717, 1.165) is 18.4 Å². The van der Waals surface area contributed by atoms with E-state index in [2.05, 4.69) is 29.8 Å². The van der Waals surface area contributed by atoms with Gasteiger partial charge in [0.15, 0.2) is 0 Å². The van der Waals surface area contributed by atoms with Crippen LogP contribution in [0.25, 0.3) is 11.4 Å². The lowest BCUT2D eigenvalue weighted by atomic mass is 9.98. The Labute approximate surface area is 153 Å². The van der Waals surface area contributed by atoms with E-state index in [4.69, 9.17) is 4.52 Å². The van der Waals surface area contributed by atoms with Gasteiger partial charge < -0.3 is 9.42 Å². The summed E-state index contributed by atoms with van der Waals surface area (Å²) in [7, 11) is 0. The van der Waals surface area contributed by atoms with Gasteiger partial charge in [-0.3, -0.25) is 10.3 Å². The lowest BCUT2D eigenvalue weighted by Crippen LogP contribution is -2.41. The molecule has 0 bridgehead atoms. The molecule has 9 nitrogen and oxygen atoms in total. The number of aromatic nitrogens is 5. The third-order valence-corrected chi connectivity index (χ3v) is 4.88. The molecule has 1 saturated heterocycles. The van der Waals surface area contributed by atoms with Crippen molar-refractivity contribution >= 4 is 22.7 Å². The first-order chi connectivity index (χ1) is 12.7. The van der Waals surface area contributed by atoms with Gasteiger partial charge in [0.25, 0.3) is 0 Å². The fourth-order valence-electron chi connectivity index (χ4n) is 2.89. The molecule has 3 aromatic rings. The topological polar surface area (TPSA) is 110 Å². The molecular formula is C16H17N7O2S. The van der Waals surface area contributed by atoms with Gasteiger partial charge in [0.1, 0.15) is 5.82 Å². The molecule has 3 aromatic heterocycles. The number of aryl methyl sites for hydroxylation is 1. The number of amides is 2. The highest BCUT2D eigenvalue weighted by Crippen LogP contribution is 2.27. The number of likely N-dealkylation sites (tertiary alicyclic amines) is 1. The van der Waals surface area contributed by atoms with Crippen molar-refractivity contribution in [3.63, 3.8) is 0 Å². The molecule has 4 rings (SSSR count). The van der Waals surface area contributed by atoms with E-state index >= 15 is 0 Å². The Morgan fingerprint density at radius 3 is 3.12 bits per heavy atom. The highest BCUT2D eigenvalue weighted by atomic mass is 32.1. The average Bonchev–Trinajstić information content (AvgIpc) is 3.32. The van der Waals surface area contributed by atoms with E-state index in [9.17, 15) is 4.79 Å². The van der Waals surface area contributed by atoms with E-state index in [1.165, 1.54) is 11.5 Å². The Morgan fingerprint density at radius 2 is 2.35 bits per heavy atom. The van der Waals surface area contributed by atoms with Crippen LogP contribution in [-0.2, 0) is 0 Å². The zero-order valence-electron chi connectivity index (χ0n) is 14.1. The molecule has 4 heterocycles. The Kier molecular flexibility index (Phi) is 4.57. The minimum atomic E-state index is -0.183. The third-order valence-electron chi connectivity index (χ3n) is 4.16. The van der Waals surface area contributed by atoms with E-state index < -0.39 is 0 Å². The van der Waals surface area contributed by atoms with Crippen LogP contribution in [-0.4, -0.2) is 48.5 Å². The molecule has 1 aliphatic heterocycles. The molecule has 0 aliphatic carbocycles. The first-order valence-electron chi connectivity index (χ1n) is 8.29. The normalized spacial score (nSPS) is 17.3. The first-order valence-corrected chi connectivity index (χ1v) is 9.06. The molecule has 10 heteroatoms. The van der Waals surface area contributed by atoms with Crippen molar-refractivity contribution in [3.8, 4) is 11.4 Å². The second-order valence-electron chi connectivity index (χ2n) is 6.06. The van der Waals surface area contributed by atoms with Crippen LogP contribution >= 0.6 is 11.5 Å². The van der Waals surface area contributed by atoms with Gasteiger partial charge in [-0.1, -0.05) is 5.16 Å². The predicted molar refractivity (Wildman–Crippen MR) is 94.7 cm³/mol. The van der Waals surface area contributed by atoms with Crippen LogP contribution < -0.4 is 5.32 Å². The van der Waals surface area contributed by atoms with Gasteiger partial charge in [0, 0.05) is 42.6 Å². The number of nitrogens with zero attached hydrogens (tertiary/aromatic N) is 6. The second kappa shape index (κ2) is 7.16. The number of hydrogen-bond donors (Lipinski definition) is 1. The Morgan fingerprint density at radius 1 is 1.42 bits per heavy atom. The second-order valence-corrected chi connectivity index (χ2v) is 6.81. The van der Waals surface area contributed by atoms with Crippen molar-refractivity contribution in [2.24, 2.45) is 0 Å². The number of nitrogens with one attached hydrogen (secondary N) is 1. The molecular weight excluding hydrogens is 354 g/mol. The summed E-state index contributed by atoms with van der Waals surface area (Å²) < 4.78 is 9.51. The minimum Gasteiger partial charge on any atom is -0.339 e. The van der Waals surface area contributed by atoms with Crippen molar-refractivity contribution in [2.75, 3.05) is 18.4 Å². The lowest BCUT2D eigenvalue weighted by molar-refractivity contribution is 0.184. The van der Waals surface area contributed by atoms with Crippen LogP contribution in [0, 0.1) is 6.92 Å². The Hall–Kier alpha value is -2.88. The van der Waals surface area contributed by atoms with Crippen molar-refractivity contribution < 1.29 is 9.32 Å². The molecule has 0 radical (unpaired) electrons. The van der Waals surface area contributed by atoms with Crippen LogP contribution in [0.5, 0.6) is 0 Å². The summed E-state index contributed by atoms with van der Waals surface area (Å²) in [6.45, 7) is 3.00. The van der Waals surface area contributed by atoms with Crippen molar-refractivity contribution in [3.05, 3.63) is 36.2 Å². The summed E-state index contributed by atoms with van der Waals surface area (Å²) in [4.78, 5) is 26.9. The maximum Gasteiger partial charge on any atom is 0.323 e. The summed E-state index contributed by atoms with van der Waals surface area (Å²) in [5, 5.41) is 7.34. The van der Waals surface area contributed by atoms with E-state index in [1.807, 2.05) is 12.1 Å². The number of urea groups is 1. The minimum absolute atomic E-state index is 0.0172. The van der Waals surface area contributed by atoms with E-state index in [1.54, 1.807) is 24.2 Å².